The topological polar surface area (TPSA) is 17.1 Å². The van der Waals surface area contributed by atoms with Gasteiger partial charge in [-0.05, 0) is 87.2 Å². The Morgan fingerprint density at radius 3 is 2.47 bits per heavy atom. The summed E-state index contributed by atoms with van der Waals surface area (Å²) in [6.45, 7) is 9.18. The van der Waals surface area contributed by atoms with Gasteiger partial charge < -0.3 is 0 Å². The van der Waals surface area contributed by atoms with Crippen LogP contribution in [0.3, 0.4) is 0 Å². The van der Waals surface area contributed by atoms with E-state index < -0.39 is 0 Å². The summed E-state index contributed by atoms with van der Waals surface area (Å²) in [5.74, 6) is 3.95. The monoisotopic (exact) mass is 466 g/mol. The van der Waals surface area contributed by atoms with E-state index in [0.29, 0.717) is 23.5 Å². The van der Waals surface area contributed by atoms with Crippen LogP contribution in [0.1, 0.15) is 146 Å². The number of carbonyl (C=O) groups excluding carboxylic acids is 1. The normalized spacial score (nSPS) is 23.5. The van der Waals surface area contributed by atoms with Crippen LogP contribution in [-0.4, -0.2) is 5.78 Å². The Morgan fingerprint density at radius 1 is 0.941 bits per heavy atom. The molecule has 2 fully saturated rings. The molecule has 3 rings (SSSR count). The molecule has 192 valence electrons. The molecule has 0 heterocycles. The van der Waals surface area contributed by atoms with Crippen LogP contribution >= 0.6 is 0 Å². The van der Waals surface area contributed by atoms with E-state index in [-0.39, 0.29) is 0 Å². The Bertz CT molecular complexity index is 728. The molecule has 0 spiro atoms. The van der Waals surface area contributed by atoms with Crippen LogP contribution in [0.25, 0.3) is 0 Å². The summed E-state index contributed by atoms with van der Waals surface area (Å²) in [6, 6.07) is 7.03. The first-order valence-corrected chi connectivity index (χ1v) is 15.1. The molecule has 0 aromatic heterocycles. The van der Waals surface area contributed by atoms with Gasteiger partial charge in [0.05, 0.1) is 0 Å². The lowest BCUT2D eigenvalue weighted by Crippen LogP contribution is -2.27. The molecule has 0 amide bonds. The summed E-state index contributed by atoms with van der Waals surface area (Å²) >= 11 is 0. The Hall–Kier alpha value is -1.11. The van der Waals surface area contributed by atoms with Crippen molar-refractivity contribution in [2.75, 3.05) is 0 Å². The van der Waals surface area contributed by atoms with Crippen molar-refractivity contribution >= 4 is 5.78 Å². The number of ketones is 1. The van der Waals surface area contributed by atoms with Gasteiger partial charge in [0.15, 0.2) is 0 Å². The number of unbranched alkanes of at least 4 members (excludes halogenated alkanes) is 2. The highest BCUT2D eigenvalue weighted by atomic mass is 16.1. The maximum Gasteiger partial charge on any atom is 0.135 e. The third-order valence-electron chi connectivity index (χ3n) is 9.46. The third-order valence-corrected chi connectivity index (χ3v) is 9.46. The summed E-state index contributed by atoms with van der Waals surface area (Å²) in [6.07, 6.45) is 21.9. The minimum Gasteiger partial charge on any atom is -0.299 e. The van der Waals surface area contributed by atoms with Gasteiger partial charge >= 0.3 is 0 Å². The van der Waals surface area contributed by atoms with Crippen molar-refractivity contribution in [1.29, 1.82) is 0 Å². The second-order valence-electron chi connectivity index (χ2n) is 12.1. The quantitative estimate of drug-likeness (QED) is 0.264. The summed E-state index contributed by atoms with van der Waals surface area (Å²) in [4.78, 5) is 13.4. The van der Waals surface area contributed by atoms with E-state index in [2.05, 4.69) is 45.9 Å². The highest BCUT2D eigenvalue weighted by molar-refractivity contribution is 5.81. The molecule has 0 aliphatic heterocycles. The molecule has 34 heavy (non-hydrogen) atoms. The fourth-order valence-corrected chi connectivity index (χ4v) is 7.24. The van der Waals surface area contributed by atoms with Crippen molar-refractivity contribution in [2.45, 2.75) is 143 Å². The molecule has 0 bridgehead atoms. The van der Waals surface area contributed by atoms with Crippen molar-refractivity contribution < 1.29 is 4.79 Å². The highest BCUT2D eigenvalue weighted by Gasteiger charge is 2.33. The lowest BCUT2D eigenvalue weighted by Gasteiger charge is -2.35. The molecule has 2 aliphatic carbocycles. The lowest BCUT2D eigenvalue weighted by atomic mass is 9.69. The zero-order chi connectivity index (χ0) is 24.3. The Kier molecular flexibility index (Phi) is 11.7. The van der Waals surface area contributed by atoms with Gasteiger partial charge in [0.25, 0.3) is 0 Å². The van der Waals surface area contributed by atoms with E-state index in [1.54, 1.807) is 5.56 Å². The molecule has 0 radical (unpaired) electrons. The van der Waals surface area contributed by atoms with Crippen LogP contribution in [0.5, 0.6) is 0 Å². The maximum absolute atomic E-state index is 13.4. The largest absolute Gasteiger partial charge is 0.299 e. The van der Waals surface area contributed by atoms with Crippen LogP contribution in [0, 0.1) is 37.5 Å². The molecule has 2 saturated carbocycles. The molecule has 2 aliphatic rings. The van der Waals surface area contributed by atoms with Crippen LogP contribution in [-0.2, 0) is 4.79 Å². The molecule has 1 nitrogen and oxygen atoms in total. The highest BCUT2D eigenvalue weighted by Crippen LogP contribution is 2.43. The predicted molar refractivity (Wildman–Crippen MR) is 147 cm³/mol. The molecule has 0 saturated heterocycles. The van der Waals surface area contributed by atoms with Gasteiger partial charge in [-0.2, -0.15) is 0 Å². The van der Waals surface area contributed by atoms with E-state index >= 15 is 0 Å². The van der Waals surface area contributed by atoms with Crippen LogP contribution in [0.15, 0.2) is 18.2 Å². The standard InChI is InChI=1S/C33H54O/c1-5-7-9-17-31(32-22-25(3)18-19-26(32)4)29-15-12-16-30(24-29)33(34)21-20-27(6-2)23-28-13-10-8-11-14-28/h18-19,22,27-31H,5-17,20-21,23-24H2,1-4H3. The number of rotatable bonds is 13. The molecule has 1 aromatic carbocycles. The SMILES string of the molecule is CCCCCC(c1cc(C)ccc1C)C1CCCC(C(=O)CCC(CC)CC2CCCCC2)C1. The van der Waals surface area contributed by atoms with Gasteiger partial charge in [-0.25, -0.2) is 0 Å². The van der Waals surface area contributed by atoms with Crippen molar-refractivity contribution in [3.63, 3.8) is 0 Å². The zero-order valence-electron chi connectivity index (χ0n) is 23.0. The summed E-state index contributed by atoms with van der Waals surface area (Å²) in [5, 5.41) is 0. The Balaban J connectivity index is 1.59. The molecule has 1 aromatic rings. The molecular weight excluding hydrogens is 412 g/mol. The van der Waals surface area contributed by atoms with Gasteiger partial charge in [0, 0.05) is 12.3 Å². The second-order valence-corrected chi connectivity index (χ2v) is 12.1. The second kappa shape index (κ2) is 14.4. The number of benzene rings is 1. The molecule has 0 N–H and O–H groups in total. The smallest absolute Gasteiger partial charge is 0.135 e. The van der Waals surface area contributed by atoms with Gasteiger partial charge in [-0.1, -0.05) is 102 Å². The van der Waals surface area contributed by atoms with Crippen LogP contribution in [0.2, 0.25) is 0 Å². The number of Topliss-reactive ketones (excluding diaryl/α,β-unsaturated/α-hetero) is 1. The van der Waals surface area contributed by atoms with Gasteiger partial charge in [-0.15, -0.1) is 0 Å². The van der Waals surface area contributed by atoms with Crippen molar-refractivity contribution in [2.24, 2.45) is 23.7 Å². The van der Waals surface area contributed by atoms with Crippen LogP contribution < -0.4 is 0 Å². The van der Waals surface area contributed by atoms with Crippen molar-refractivity contribution in [1.82, 2.24) is 0 Å². The fraction of sp³-hybridized carbons (Fsp3) is 0.788. The first kappa shape index (κ1) is 27.5. The van der Waals surface area contributed by atoms with E-state index in [1.807, 2.05) is 0 Å². The third kappa shape index (κ3) is 8.23. The predicted octanol–water partition coefficient (Wildman–Crippen LogP) is 10.1. The Morgan fingerprint density at radius 2 is 1.74 bits per heavy atom. The van der Waals surface area contributed by atoms with Crippen LogP contribution in [0.4, 0.5) is 0 Å². The van der Waals surface area contributed by atoms with E-state index in [1.165, 1.54) is 94.6 Å². The summed E-state index contributed by atoms with van der Waals surface area (Å²) in [7, 11) is 0. The van der Waals surface area contributed by atoms with E-state index in [9.17, 15) is 4.79 Å². The zero-order valence-corrected chi connectivity index (χ0v) is 23.0. The van der Waals surface area contributed by atoms with Crippen molar-refractivity contribution in [3.05, 3.63) is 34.9 Å². The number of carbonyl (C=O) groups is 1. The first-order valence-electron chi connectivity index (χ1n) is 15.1. The average molecular weight is 467 g/mol. The fourth-order valence-electron chi connectivity index (χ4n) is 7.24. The number of hydrogen-bond donors (Lipinski definition) is 0. The Labute approximate surface area is 211 Å². The number of hydrogen-bond acceptors (Lipinski definition) is 1. The maximum atomic E-state index is 13.4. The average Bonchev–Trinajstić information content (AvgIpc) is 2.86. The van der Waals surface area contributed by atoms with Crippen molar-refractivity contribution in [3.8, 4) is 0 Å². The molecule has 4 unspecified atom stereocenters. The van der Waals surface area contributed by atoms with E-state index in [4.69, 9.17) is 0 Å². The summed E-state index contributed by atoms with van der Waals surface area (Å²) < 4.78 is 0. The minimum absolute atomic E-state index is 0.324. The molecule has 4 atom stereocenters. The molecule has 1 heteroatoms. The summed E-state index contributed by atoms with van der Waals surface area (Å²) in [5.41, 5.74) is 4.41. The molecular formula is C33H54O. The van der Waals surface area contributed by atoms with Gasteiger partial charge in [-0.3, -0.25) is 4.79 Å². The lowest BCUT2D eigenvalue weighted by molar-refractivity contribution is -0.124. The first-order chi connectivity index (χ1) is 16.5. The number of aryl methyl sites for hydroxylation is 2. The van der Waals surface area contributed by atoms with Gasteiger partial charge in [0.2, 0.25) is 0 Å². The van der Waals surface area contributed by atoms with E-state index in [0.717, 1.165) is 37.5 Å². The van der Waals surface area contributed by atoms with Gasteiger partial charge in [0.1, 0.15) is 5.78 Å². The minimum atomic E-state index is 0.324.